The van der Waals surface area contributed by atoms with Gasteiger partial charge >= 0.3 is 5.97 Å². The van der Waals surface area contributed by atoms with Crippen LogP contribution in [0.1, 0.15) is 12.0 Å². The van der Waals surface area contributed by atoms with E-state index >= 15 is 0 Å². The third-order valence-corrected chi connectivity index (χ3v) is 3.88. The number of aromatic nitrogens is 1. The van der Waals surface area contributed by atoms with Crippen molar-refractivity contribution < 1.29 is 15.0 Å². The lowest BCUT2D eigenvalue weighted by atomic mass is 10.0. The van der Waals surface area contributed by atoms with E-state index in [0.717, 1.165) is 29.8 Å². The SMILES string of the molecule is O=C(O)Cc1cncc(-c2ccc(N3CCC(O)C3)cc2)c1. The zero-order valence-electron chi connectivity index (χ0n) is 12.1. The van der Waals surface area contributed by atoms with Gasteiger partial charge in [0.15, 0.2) is 0 Å². The molecule has 0 aliphatic carbocycles. The van der Waals surface area contributed by atoms with Crippen molar-refractivity contribution in [2.45, 2.75) is 18.9 Å². The Balaban J connectivity index is 1.79. The minimum Gasteiger partial charge on any atom is -0.481 e. The monoisotopic (exact) mass is 298 g/mol. The highest BCUT2D eigenvalue weighted by Gasteiger charge is 2.20. The van der Waals surface area contributed by atoms with Crippen LogP contribution in [0.3, 0.4) is 0 Å². The van der Waals surface area contributed by atoms with Gasteiger partial charge in [-0.05, 0) is 35.7 Å². The number of carboxylic acid groups (broad SMARTS) is 1. The molecule has 1 aliphatic rings. The fourth-order valence-corrected chi connectivity index (χ4v) is 2.76. The van der Waals surface area contributed by atoms with Crippen LogP contribution in [0.25, 0.3) is 11.1 Å². The van der Waals surface area contributed by atoms with Crippen LogP contribution in [-0.4, -0.2) is 40.4 Å². The number of aliphatic carboxylic acids is 1. The van der Waals surface area contributed by atoms with E-state index in [0.29, 0.717) is 12.1 Å². The number of hydrogen-bond donors (Lipinski definition) is 2. The number of aliphatic hydroxyl groups excluding tert-OH is 1. The van der Waals surface area contributed by atoms with Gasteiger partial charge in [0.05, 0.1) is 12.5 Å². The van der Waals surface area contributed by atoms with Crippen molar-refractivity contribution >= 4 is 11.7 Å². The van der Waals surface area contributed by atoms with Gasteiger partial charge in [0.1, 0.15) is 0 Å². The standard InChI is InChI=1S/C17H18N2O3/c20-16-5-6-19(11-16)15-3-1-13(2-4-15)14-7-12(8-17(21)22)9-18-10-14/h1-4,7,9-10,16,20H,5-6,8,11H2,(H,21,22). The maximum atomic E-state index is 10.8. The normalized spacial score (nSPS) is 17.7. The van der Waals surface area contributed by atoms with Gasteiger partial charge in [-0.2, -0.15) is 0 Å². The van der Waals surface area contributed by atoms with Gasteiger partial charge in [-0.3, -0.25) is 9.78 Å². The van der Waals surface area contributed by atoms with Gasteiger partial charge < -0.3 is 15.1 Å². The molecule has 1 aromatic heterocycles. The third kappa shape index (κ3) is 3.26. The molecular formula is C17H18N2O3. The number of pyridine rings is 1. The van der Waals surface area contributed by atoms with Crippen molar-refractivity contribution in [1.29, 1.82) is 0 Å². The van der Waals surface area contributed by atoms with E-state index in [-0.39, 0.29) is 12.5 Å². The highest BCUT2D eigenvalue weighted by Crippen LogP contribution is 2.25. The summed E-state index contributed by atoms with van der Waals surface area (Å²) in [6.45, 7) is 1.55. The van der Waals surface area contributed by atoms with E-state index in [9.17, 15) is 9.90 Å². The van der Waals surface area contributed by atoms with Gasteiger partial charge in [0.2, 0.25) is 0 Å². The van der Waals surface area contributed by atoms with Crippen LogP contribution < -0.4 is 4.90 Å². The Morgan fingerprint density at radius 2 is 2.00 bits per heavy atom. The average Bonchev–Trinajstić information content (AvgIpc) is 2.94. The molecule has 2 aromatic rings. The van der Waals surface area contributed by atoms with Crippen molar-refractivity contribution in [3.8, 4) is 11.1 Å². The molecule has 0 amide bonds. The molecular weight excluding hydrogens is 280 g/mol. The van der Waals surface area contributed by atoms with Gasteiger partial charge in [-0.1, -0.05) is 12.1 Å². The average molecular weight is 298 g/mol. The summed E-state index contributed by atoms with van der Waals surface area (Å²) in [4.78, 5) is 17.1. The molecule has 0 bridgehead atoms. The van der Waals surface area contributed by atoms with Crippen molar-refractivity contribution in [2.24, 2.45) is 0 Å². The summed E-state index contributed by atoms with van der Waals surface area (Å²) in [5.74, 6) is -0.859. The number of aliphatic hydroxyl groups is 1. The van der Waals surface area contributed by atoms with Crippen LogP contribution in [0.4, 0.5) is 5.69 Å². The van der Waals surface area contributed by atoms with Crippen molar-refractivity contribution in [1.82, 2.24) is 4.98 Å². The maximum Gasteiger partial charge on any atom is 0.307 e. The van der Waals surface area contributed by atoms with Crippen LogP contribution in [-0.2, 0) is 11.2 Å². The highest BCUT2D eigenvalue weighted by atomic mass is 16.4. The van der Waals surface area contributed by atoms with Gasteiger partial charge in [-0.25, -0.2) is 0 Å². The summed E-state index contributed by atoms with van der Waals surface area (Å²) in [5, 5.41) is 18.5. The van der Waals surface area contributed by atoms with Gasteiger partial charge in [-0.15, -0.1) is 0 Å². The fourth-order valence-electron chi connectivity index (χ4n) is 2.76. The lowest BCUT2D eigenvalue weighted by Gasteiger charge is -2.18. The molecule has 1 fully saturated rings. The molecule has 0 spiro atoms. The van der Waals surface area contributed by atoms with E-state index < -0.39 is 5.97 Å². The largest absolute Gasteiger partial charge is 0.481 e. The second kappa shape index (κ2) is 6.15. The second-order valence-electron chi connectivity index (χ2n) is 5.59. The number of β-amino-alcohol motifs (C(OH)–C–C–N with tert-alkyl or cyclic N) is 1. The number of nitrogens with zero attached hydrogens (tertiary/aromatic N) is 2. The molecule has 2 heterocycles. The first-order valence-electron chi connectivity index (χ1n) is 7.31. The van der Waals surface area contributed by atoms with E-state index in [4.69, 9.17) is 5.11 Å². The molecule has 114 valence electrons. The summed E-state index contributed by atoms with van der Waals surface area (Å²) in [7, 11) is 0. The number of carboxylic acids is 1. The fraction of sp³-hybridized carbons (Fsp3) is 0.294. The number of rotatable bonds is 4. The zero-order valence-corrected chi connectivity index (χ0v) is 12.1. The van der Waals surface area contributed by atoms with Crippen molar-refractivity contribution in [3.63, 3.8) is 0 Å². The van der Waals surface area contributed by atoms with Crippen molar-refractivity contribution in [3.05, 3.63) is 48.3 Å². The Hall–Kier alpha value is -2.40. The van der Waals surface area contributed by atoms with Crippen LogP contribution in [0.15, 0.2) is 42.7 Å². The Morgan fingerprint density at radius 1 is 1.23 bits per heavy atom. The molecule has 3 rings (SSSR count). The predicted molar refractivity (Wildman–Crippen MR) is 83.8 cm³/mol. The number of anilines is 1. The summed E-state index contributed by atoms with van der Waals surface area (Å²) in [6, 6.07) is 9.91. The summed E-state index contributed by atoms with van der Waals surface area (Å²) >= 11 is 0. The molecule has 0 radical (unpaired) electrons. The minimum atomic E-state index is -0.859. The molecule has 1 unspecified atom stereocenters. The van der Waals surface area contributed by atoms with E-state index in [1.807, 2.05) is 30.3 Å². The van der Waals surface area contributed by atoms with E-state index in [2.05, 4.69) is 9.88 Å². The predicted octanol–water partition coefficient (Wildman–Crippen LogP) is 1.95. The van der Waals surface area contributed by atoms with Crippen LogP contribution >= 0.6 is 0 Å². The third-order valence-electron chi connectivity index (χ3n) is 3.88. The highest BCUT2D eigenvalue weighted by molar-refractivity contribution is 5.72. The molecule has 1 aliphatic heterocycles. The van der Waals surface area contributed by atoms with Crippen LogP contribution in [0, 0.1) is 0 Å². The smallest absolute Gasteiger partial charge is 0.307 e. The van der Waals surface area contributed by atoms with Gasteiger partial charge in [0, 0.05) is 36.7 Å². The molecule has 1 saturated heterocycles. The second-order valence-corrected chi connectivity index (χ2v) is 5.59. The van der Waals surface area contributed by atoms with E-state index in [1.54, 1.807) is 12.4 Å². The quantitative estimate of drug-likeness (QED) is 0.902. The molecule has 0 saturated carbocycles. The van der Waals surface area contributed by atoms with Crippen molar-refractivity contribution in [2.75, 3.05) is 18.0 Å². The van der Waals surface area contributed by atoms with Crippen LogP contribution in [0.2, 0.25) is 0 Å². The molecule has 5 heteroatoms. The first-order chi connectivity index (χ1) is 10.6. The molecule has 2 N–H and O–H groups in total. The number of hydrogen-bond acceptors (Lipinski definition) is 4. The number of benzene rings is 1. The Labute approximate surface area is 128 Å². The molecule has 1 aromatic carbocycles. The number of carbonyl (C=O) groups is 1. The molecule has 1 atom stereocenters. The minimum absolute atomic E-state index is 0.0232. The summed E-state index contributed by atoms with van der Waals surface area (Å²) < 4.78 is 0. The van der Waals surface area contributed by atoms with Crippen LogP contribution in [0.5, 0.6) is 0 Å². The first kappa shape index (κ1) is 14.5. The topological polar surface area (TPSA) is 73.7 Å². The Kier molecular flexibility index (Phi) is 4.06. The summed E-state index contributed by atoms with van der Waals surface area (Å²) in [6.07, 6.45) is 3.86. The first-order valence-corrected chi connectivity index (χ1v) is 7.31. The Morgan fingerprint density at radius 3 is 2.64 bits per heavy atom. The maximum absolute atomic E-state index is 10.8. The zero-order chi connectivity index (χ0) is 15.5. The Bertz CT molecular complexity index is 670. The lowest BCUT2D eigenvalue weighted by molar-refractivity contribution is -0.136. The van der Waals surface area contributed by atoms with E-state index in [1.165, 1.54) is 0 Å². The summed E-state index contributed by atoms with van der Waals surface area (Å²) in [5.41, 5.74) is 3.70. The lowest BCUT2D eigenvalue weighted by Crippen LogP contribution is -2.20. The van der Waals surface area contributed by atoms with Gasteiger partial charge in [0.25, 0.3) is 0 Å². The molecule has 5 nitrogen and oxygen atoms in total. The molecule has 22 heavy (non-hydrogen) atoms.